The van der Waals surface area contributed by atoms with Crippen molar-refractivity contribution >= 4 is 17.9 Å². The van der Waals surface area contributed by atoms with Crippen LogP contribution in [0.3, 0.4) is 0 Å². The maximum absolute atomic E-state index is 12.2. The Morgan fingerprint density at radius 1 is 0.943 bits per heavy atom. The lowest BCUT2D eigenvalue weighted by Crippen LogP contribution is -2.43. The Hall–Kier alpha value is -3.37. The van der Waals surface area contributed by atoms with Gasteiger partial charge < -0.3 is 9.47 Å². The number of ketones is 1. The smallest absolute Gasteiger partial charge is 0.146 e. The van der Waals surface area contributed by atoms with Gasteiger partial charge in [0, 0.05) is 17.7 Å². The van der Waals surface area contributed by atoms with Gasteiger partial charge in [-0.05, 0) is 67.6 Å². The number of Topliss-reactive ketones (excluding diaryl/α,β-unsaturated/α-hetero) is 1. The van der Waals surface area contributed by atoms with E-state index in [0.717, 1.165) is 54.0 Å². The summed E-state index contributed by atoms with van der Waals surface area (Å²) in [6.07, 6.45) is 7.37. The van der Waals surface area contributed by atoms with Crippen LogP contribution in [0.15, 0.2) is 60.7 Å². The summed E-state index contributed by atoms with van der Waals surface area (Å²) in [7, 11) is 3.40. The molecule has 1 aliphatic heterocycles. The van der Waals surface area contributed by atoms with E-state index in [1.54, 1.807) is 21.1 Å². The molecule has 1 aliphatic rings. The van der Waals surface area contributed by atoms with Gasteiger partial charge in [-0.2, -0.15) is 0 Å². The minimum absolute atomic E-state index is 0.0149. The average Bonchev–Trinajstić information content (AvgIpc) is 2.89. The first-order chi connectivity index (χ1) is 17.0. The molecule has 1 atom stereocenters. The van der Waals surface area contributed by atoms with Gasteiger partial charge in [-0.3, -0.25) is 9.69 Å². The first-order valence-electron chi connectivity index (χ1n) is 12.3. The summed E-state index contributed by atoms with van der Waals surface area (Å²) in [6.45, 7) is 5.46. The number of carbonyl (C=O) groups excluding carboxylic acids is 1. The lowest BCUT2D eigenvalue weighted by molar-refractivity contribution is -0.123. The monoisotopic (exact) mass is 469 g/mol. The van der Waals surface area contributed by atoms with Crippen molar-refractivity contribution in [3.05, 3.63) is 82.9 Å². The summed E-state index contributed by atoms with van der Waals surface area (Å²) >= 11 is 0. The van der Waals surface area contributed by atoms with Crippen molar-refractivity contribution in [2.75, 3.05) is 20.8 Å². The highest BCUT2D eigenvalue weighted by Gasteiger charge is 2.27. The molecule has 1 fully saturated rings. The van der Waals surface area contributed by atoms with Gasteiger partial charge in [0.15, 0.2) is 0 Å². The van der Waals surface area contributed by atoms with Crippen LogP contribution in [0.5, 0.6) is 11.5 Å². The molecule has 3 aromatic rings. The van der Waals surface area contributed by atoms with Crippen molar-refractivity contribution in [1.82, 2.24) is 4.90 Å². The molecule has 0 N–H and O–H groups in total. The second kappa shape index (κ2) is 11.4. The topological polar surface area (TPSA) is 38.8 Å². The maximum atomic E-state index is 12.2. The first-order valence-corrected chi connectivity index (χ1v) is 12.3. The summed E-state index contributed by atoms with van der Waals surface area (Å²) in [5.74, 6) is 1.85. The predicted octanol–water partition coefficient (Wildman–Crippen LogP) is 6.79. The Balaban J connectivity index is 1.63. The van der Waals surface area contributed by atoms with Gasteiger partial charge in [0.2, 0.25) is 0 Å². The quantitative estimate of drug-likeness (QED) is 0.340. The zero-order valence-corrected chi connectivity index (χ0v) is 21.2. The molecule has 1 heterocycles. The third-order valence-electron chi connectivity index (χ3n) is 6.99. The third kappa shape index (κ3) is 5.66. The molecular formula is C31H35NO3. The highest BCUT2D eigenvalue weighted by molar-refractivity contribution is 5.81. The van der Waals surface area contributed by atoms with E-state index >= 15 is 0 Å². The molecule has 1 saturated heterocycles. The van der Waals surface area contributed by atoms with E-state index in [9.17, 15) is 4.79 Å². The van der Waals surface area contributed by atoms with Crippen LogP contribution in [0.2, 0.25) is 0 Å². The van der Waals surface area contributed by atoms with E-state index in [2.05, 4.69) is 72.5 Å². The highest BCUT2D eigenvalue weighted by Crippen LogP contribution is 2.33. The van der Waals surface area contributed by atoms with Crippen LogP contribution in [0.4, 0.5) is 0 Å². The summed E-state index contributed by atoms with van der Waals surface area (Å²) in [6, 6.07) is 20.9. The van der Waals surface area contributed by atoms with Gasteiger partial charge in [-0.25, -0.2) is 0 Å². The number of piperidine rings is 1. The maximum Gasteiger partial charge on any atom is 0.146 e. The number of methoxy groups -OCH3 is 2. The minimum atomic E-state index is -0.0149. The molecule has 35 heavy (non-hydrogen) atoms. The van der Waals surface area contributed by atoms with Crippen molar-refractivity contribution in [2.24, 2.45) is 0 Å². The predicted molar refractivity (Wildman–Crippen MR) is 144 cm³/mol. The summed E-state index contributed by atoms with van der Waals surface area (Å²) < 4.78 is 11.5. The fourth-order valence-electron chi connectivity index (χ4n) is 5.04. The van der Waals surface area contributed by atoms with Gasteiger partial charge in [0.25, 0.3) is 0 Å². The molecule has 0 saturated carbocycles. The van der Waals surface area contributed by atoms with Crippen molar-refractivity contribution in [3.63, 3.8) is 0 Å². The lowest BCUT2D eigenvalue weighted by Gasteiger charge is -2.34. The highest BCUT2D eigenvalue weighted by atomic mass is 16.5. The van der Waals surface area contributed by atoms with Crippen LogP contribution in [0.1, 0.15) is 48.4 Å². The molecule has 0 unspecified atom stereocenters. The van der Waals surface area contributed by atoms with Crippen molar-refractivity contribution in [2.45, 2.75) is 45.7 Å². The van der Waals surface area contributed by atoms with Gasteiger partial charge in [-0.1, -0.05) is 67.1 Å². The number of rotatable bonds is 8. The van der Waals surface area contributed by atoms with E-state index in [1.807, 2.05) is 12.1 Å². The number of carbonyl (C=O) groups is 1. The fourth-order valence-corrected chi connectivity index (χ4v) is 5.04. The zero-order valence-electron chi connectivity index (χ0n) is 21.2. The molecule has 0 radical (unpaired) electrons. The molecule has 0 bridgehead atoms. The normalized spacial score (nSPS) is 16.4. The van der Waals surface area contributed by atoms with Crippen LogP contribution < -0.4 is 9.47 Å². The number of ether oxygens (including phenoxy) is 2. The van der Waals surface area contributed by atoms with Crippen LogP contribution >= 0.6 is 0 Å². The van der Waals surface area contributed by atoms with Crippen LogP contribution in [0, 0.1) is 6.92 Å². The van der Waals surface area contributed by atoms with Crippen molar-refractivity contribution in [1.29, 1.82) is 0 Å². The van der Waals surface area contributed by atoms with Crippen molar-refractivity contribution in [3.8, 4) is 22.6 Å². The van der Waals surface area contributed by atoms with E-state index in [1.165, 1.54) is 16.7 Å². The molecule has 0 amide bonds. The number of likely N-dealkylation sites (tertiary alicyclic amines) is 1. The summed E-state index contributed by atoms with van der Waals surface area (Å²) in [5.41, 5.74) is 6.84. The second-order valence-electron chi connectivity index (χ2n) is 9.22. The van der Waals surface area contributed by atoms with Gasteiger partial charge in [0.1, 0.15) is 17.3 Å². The Labute approximate surface area is 209 Å². The first kappa shape index (κ1) is 24.7. The standard InChI is InChI=1S/C31H35NO3/c1-22-24(13-10-14-28(22)25-11-6-5-7-12-25)16-17-26-19-31(35-4)27(20-30(26)34-3)21-32-18-9-8-15-29(32)23(2)33/h5-7,10-14,16-17,19-20,29H,8-9,15,18,21H2,1-4H3/b17-16+/t29-/m0/s1. The minimum Gasteiger partial charge on any atom is -0.496 e. The Morgan fingerprint density at radius 3 is 2.40 bits per heavy atom. The zero-order chi connectivity index (χ0) is 24.8. The lowest BCUT2D eigenvalue weighted by atomic mass is 9.95. The Kier molecular flexibility index (Phi) is 8.04. The van der Waals surface area contributed by atoms with E-state index in [-0.39, 0.29) is 11.8 Å². The van der Waals surface area contributed by atoms with Crippen LogP contribution in [0.25, 0.3) is 23.3 Å². The van der Waals surface area contributed by atoms with Crippen LogP contribution in [-0.2, 0) is 11.3 Å². The molecule has 4 rings (SSSR count). The Morgan fingerprint density at radius 2 is 1.69 bits per heavy atom. The Bertz CT molecular complexity index is 1200. The summed E-state index contributed by atoms with van der Waals surface area (Å²) in [5, 5.41) is 0. The second-order valence-corrected chi connectivity index (χ2v) is 9.22. The molecule has 4 heteroatoms. The number of hydrogen-bond acceptors (Lipinski definition) is 4. The van der Waals surface area contributed by atoms with Gasteiger partial charge >= 0.3 is 0 Å². The van der Waals surface area contributed by atoms with E-state index < -0.39 is 0 Å². The molecule has 4 nitrogen and oxygen atoms in total. The summed E-state index contributed by atoms with van der Waals surface area (Å²) in [4.78, 5) is 14.5. The largest absolute Gasteiger partial charge is 0.496 e. The van der Waals surface area contributed by atoms with E-state index in [0.29, 0.717) is 6.54 Å². The molecule has 0 spiro atoms. The van der Waals surface area contributed by atoms with E-state index in [4.69, 9.17) is 9.47 Å². The number of benzene rings is 3. The average molecular weight is 470 g/mol. The number of nitrogens with zero attached hydrogens (tertiary/aromatic N) is 1. The molecule has 0 aromatic heterocycles. The fraction of sp³-hybridized carbons (Fsp3) is 0.323. The molecule has 0 aliphatic carbocycles. The third-order valence-corrected chi connectivity index (χ3v) is 6.99. The van der Waals surface area contributed by atoms with Gasteiger partial charge in [-0.15, -0.1) is 0 Å². The molecular weight excluding hydrogens is 434 g/mol. The van der Waals surface area contributed by atoms with Crippen molar-refractivity contribution < 1.29 is 14.3 Å². The number of hydrogen-bond donors (Lipinski definition) is 0. The van der Waals surface area contributed by atoms with Crippen LogP contribution in [-0.4, -0.2) is 37.5 Å². The van der Waals surface area contributed by atoms with Gasteiger partial charge in [0.05, 0.1) is 20.3 Å². The molecule has 3 aromatic carbocycles. The SMILES string of the molecule is COc1cc(CN2CCCC[C@H]2C(C)=O)c(OC)cc1/C=C/c1cccc(-c2ccccc2)c1C. The molecule has 182 valence electrons.